The Morgan fingerprint density at radius 1 is 1.11 bits per heavy atom. The number of carbonyl (C=O) groups excluding carboxylic acids is 2. The predicted octanol–water partition coefficient (Wildman–Crippen LogP) is 3.21. The third kappa shape index (κ3) is 6.43. The van der Waals surface area contributed by atoms with Crippen LogP contribution < -0.4 is 10.2 Å². The van der Waals surface area contributed by atoms with Gasteiger partial charge in [-0.1, -0.05) is 29.9 Å². The van der Waals surface area contributed by atoms with E-state index < -0.39 is 5.92 Å². The molecule has 4 heterocycles. The van der Waals surface area contributed by atoms with Crippen molar-refractivity contribution in [3.05, 3.63) is 34.8 Å². The molecule has 0 spiro atoms. The van der Waals surface area contributed by atoms with Gasteiger partial charge in [0.05, 0.1) is 12.0 Å². The normalized spacial score (nSPS) is 22.0. The standard InChI is InChI=1S/C25H33N5O4S/c31-23-14-19(16-30(23)20-6-4-18(5-7-20)15-29-10-2-1-3-11-29)24(32)26-25-28-27-22(35-25)17-34-21-8-12-33-13-9-21/h4-7,19,21H,1-3,8-17H2,(H,26,28,32). The summed E-state index contributed by atoms with van der Waals surface area (Å²) in [6.07, 6.45) is 6.01. The van der Waals surface area contributed by atoms with Crippen LogP contribution in [0.15, 0.2) is 24.3 Å². The van der Waals surface area contributed by atoms with E-state index in [0.717, 1.165) is 56.4 Å². The monoisotopic (exact) mass is 499 g/mol. The Labute approximate surface area is 209 Å². The SMILES string of the molecule is O=C(Nc1nnc(COC2CCOCC2)s1)C1CC(=O)N(c2ccc(CN3CCCCC3)cc2)C1. The molecule has 2 amide bonds. The Kier molecular flexibility index (Phi) is 8.02. The summed E-state index contributed by atoms with van der Waals surface area (Å²) >= 11 is 1.31. The zero-order valence-electron chi connectivity index (χ0n) is 20.0. The summed E-state index contributed by atoms with van der Waals surface area (Å²) < 4.78 is 11.2. The van der Waals surface area contributed by atoms with Crippen LogP contribution in [0.1, 0.15) is 49.1 Å². The summed E-state index contributed by atoms with van der Waals surface area (Å²) in [5, 5.41) is 12.2. The van der Waals surface area contributed by atoms with Crippen LogP contribution in [0.25, 0.3) is 0 Å². The summed E-state index contributed by atoms with van der Waals surface area (Å²) in [5.74, 6) is -0.645. The van der Waals surface area contributed by atoms with E-state index in [2.05, 4.69) is 32.5 Å². The fourth-order valence-corrected chi connectivity index (χ4v) is 5.56. The highest BCUT2D eigenvalue weighted by atomic mass is 32.1. The van der Waals surface area contributed by atoms with Crippen molar-refractivity contribution < 1.29 is 19.1 Å². The van der Waals surface area contributed by atoms with Crippen LogP contribution in [-0.2, 0) is 32.2 Å². The van der Waals surface area contributed by atoms with Gasteiger partial charge in [-0.25, -0.2) is 0 Å². The number of piperidine rings is 1. The van der Waals surface area contributed by atoms with E-state index in [0.29, 0.717) is 18.3 Å². The van der Waals surface area contributed by atoms with E-state index in [1.165, 1.54) is 36.2 Å². The van der Waals surface area contributed by atoms with Crippen LogP contribution in [0.2, 0.25) is 0 Å². The maximum atomic E-state index is 12.8. The highest BCUT2D eigenvalue weighted by Crippen LogP contribution is 2.27. The number of carbonyl (C=O) groups is 2. The van der Waals surface area contributed by atoms with Crippen molar-refractivity contribution in [2.75, 3.05) is 43.1 Å². The number of benzene rings is 1. The van der Waals surface area contributed by atoms with E-state index >= 15 is 0 Å². The first-order valence-corrected chi connectivity index (χ1v) is 13.4. The Morgan fingerprint density at radius 2 is 1.89 bits per heavy atom. The number of nitrogens with zero attached hydrogens (tertiary/aromatic N) is 4. The van der Waals surface area contributed by atoms with Crippen molar-refractivity contribution in [2.24, 2.45) is 5.92 Å². The molecular formula is C25H33N5O4S. The minimum Gasteiger partial charge on any atom is -0.381 e. The minimum atomic E-state index is -0.415. The molecule has 1 aromatic heterocycles. The second-order valence-electron chi connectivity index (χ2n) is 9.52. The van der Waals surface area contributed by atoms with Gasteiger partial charge in [-0.3, -0.25) is 14.5 Å². The molecule has 1 unspecified atom stereocenters. The first-order chi connectivity index (χ1) is 17.1. The highest BCUT2D eigenvalue weighted by Gasteiger charge is 2.35. The van der Waals surface area contributed by atoms with Crippen LogP contribution in [-0.4, -0.2) is 65.9 Å². The molecule has 1 N–H and O–H groups in total. The second kappa shape index (κ2) is 11.6. The Balaban J connectivity index is 1.11. The van der Waals surface area contributed by atoms with Crippen molar-refractivity contribution in [1.29, 1.82) is 0 Å². The predicted molar refractivity (Wildman–Crippen MR) is 133 cm³/mol. The van der Waals surface area contributed by atoms with Gasteiger partial charge in [0, 0.05) is 38.4 Å². The Bertz CT molecular complexity index is 1000. The van der Waals surface area contributed by atoms with Gasteiger partial charge in [0.25, 0.3) is 0 Å². The van der Waals surface area contributed by atoms with E-state index in [1.54, 1.807) is 4.90 Å². The number of amides is 2. The molecule has 3 aliphatic heterocycles. The molecule has 0 radical (unpaired) electrons. The number of nitrogens with one attached hydrogen (secondary N) is 1. The van der Waals surface area contributed by atoms with Crippen molar-refractivity contribution in [1.82, 2.24) is 15.1 Å². The molecule has 0 saturated carbocycles. The van der Waals surface area contributed by atoms with E-state index in [1.807, 2.05) is 12.1 Å². The minimum absolute atomic E-state index is 0.0308. The van der Waals surface area contributed by atoms with Gasteiger partial charge in [0.2, 0.25) is 16.9 Å². The summed E-state index contributed by atoms with van der Waals surface area (Å²) in [4.78, 5) is 29.7. The molecule has 10 heteroatoms. The van der Waals surface area contributed by atoms with Gasteiger partial charge in [-0.2, -0.15) is 0 Å². The van der Waals surface area contributed by atoms with Gasteiger partial charge < -0.3 is 19.7 Å². The molecule has 3 saturated heterocycles. The van der Waals surface area contributed by atoms with Crippen LogP contribution >= 0.6 is 11.3 Å². The molecule has 1 aromatic carbocycles. The smallest absolute Gasteiger partial charge is 0.231 e. The third-order valence-electron chi connectivity index (χ3n) is 6.91. The van der Waals surface area contributed by atoms with Crippen LogP contribution in [0.4, 0.5) is 10.8 Å². The van der Waals surface area contributed by atoms with Gasteiger partial charge in [0.1, 0.15) is 11.6 Å². The van der Waals surface area contributed by atoms with Gasteiger partial charge in [0.15, 0.2) is 0 Å². The van der Waals surface area contributed by atoms with E-state index in [4.69, 9.17) is 9.47 Å². The molecule has 0 aliphatic carbocycles. The summed E-state index contributed by atoms with van der Waals surface area (Å²) in [6.45, 7) is 5.45. The average Bonchev–Trinajstić information content (AvgIpc) is 3.51. The van der Waals surface area contributed by atoms with Crippen LogP contribution in [0.5, 0.6) is 0 Å². The first kappa shape index (κ1) is 24.3. The molecular weight excluding hydrogens is 466 g/mol. The third-order valence-corrected chi connectivity index (χ3v) is 7.72. The van der Waals surface area contributed by atoms with Gasteiger partial charge in [-0.05, 0) is 56.5 Å². The lowest BCUT2D eigenvalue weighted by atomic mass is 10.1. The Morgan fingerprint density at radius 3 is 2.66 bits per heavy atom. The number of hydrogen-bond donors (Lipinski definition) is 1. The molecule has 2 aromatic rings. The molecule has 1 atom stereocenters. The number of aromatic nitrogens is 2. The van der Waals surface area contributed by atoms with E-state index in [9.17, 15) is 9.59 Å². The van der Waals surface area contributed by atoms with Gasteiger partial charge in [-0.15, -0.1) is 10.2 Å². The zero-order valence-corrected chi connectivity index (χ0v) is 20.8. The van der Waals surface area contributed by atoms with Crippen LogP contribution in [0, 0.1) is 5.92 Å². The van der Waals surface area contributed by atoms with Crippen molar-refractivity contribution >= 4 is 34.0 Å². The quantitative estimate of drug-likeness (QED) is 0.596. The van der Waals surface area contributed by atoms with Crippen molar-refractivity contribution in [3.8, 4) is 0 Å². The fourth-order valence-electron chi connectivity index (χ4n) is 4.89. The Hall–Kier alpha value is -2.40. The lowest BCUT2D eigenvalue weighted by Gasteiger charge is -2.26. The van der Waals surface area contributed by atoms with Gasteiger partial charge >= 0.3 is 0 Å². The molecule has 5 rings (SSSR count). The molecule has 9 nitrogen and oxygen atoms in total. The number of likely N-dealkylation sites (tertiary alicyclic amines) is 1. The molecule has 3 aliphatic rings. The second-order valence-corrected chi connectivity index (χ2v) is 10.6. The largest absolute Gasteiger partial charge is 0.381 e. The highest BCUT2D eigenvalue weighted by molar-refractivity contribution is 7.15. The average molecular weight is 500 g/mol. The fraction of sp³-hybridized carbons (Fsp3) is 0.600. The summed E-state index contributed by atoms with van der Waals surface area (Å²) in [7, 11) is 0. The lowest BCUT2D eigenvalue weighted by molar-refractivity contribution is -0.122. The maximum absolute atomic E-state index is 12.8. The number of rotatable bonds is 8. The summed E-state index contributed by atoms with van der Waals surface area (Å²) in [6, 6.07) is 8.17. The van der Waals surface area contributed by atoms with Crippen molar-refractivity contribution in [3.63, 3.8) is 0 Å². The number of ether oxygens (including phenoxy) is 2. The molecule has 35 heavy (non-hydrogen) atoms. The molecule has 0 bridgehead atoms. The maximum Gasteiger partial charge on any atom is 0.231 e. The van der Waals surface area contributed by atoms with E-state index in [-0.39, 0.29) is 24.3 Å². The zero-order chi connectivity index (χ0) is 24.0. The van der Waals surface area contributed by atoms with Crippen molar-refractivity contribution in [2.45, 2.75) is 57.8 Å². The lowest BCUT2D eigenvalue weighted by Crippen LogP contribution is -2.29. The number of hydrogen-bond acceptors (Lipinski definition) is 8. The topological polar surface area (TPSA) is 96.9 Å². The first-order valence-electron chi connectivity index (χ1n) is 12.6. The molecule has 3 fully saturated rings. The van der Waals surface area contributed by atoms with Crippen LogP contribution in [0.3, 0.4) is 0 Å². The molecule has 188 valence electrons. The number of anilines is 2. The summed E-state index contributed by atoms with van der Waals surface area (Å²) in [5.41, 5.74) is 2.10.